The van der Waals surface area contributed by atoms with Gasteiger partial charge in [-0.25, -0.2) is 4.79 Å². The lowest BCUT2D eigenvalue weighted by atomic mass is 9.96. The van der Waals surface area contributed by atoms with Gasteiger partial charge in [0.1, 0.15) is 0 Å². The molecule has 0 bridgehead atoms. The lowest BCUT2D eigenvalue weighted by Gasteiger charge is -2.17. The van der Waals surface area contributed by atoms with Crippen molar-refractivity contribution in [3.63, 3.8) is 0 Å². The molecule has 2 rings (SSSR count). The van der Waals surface area contributed by atoms with Crippen LogP contribution in [0.3, 0.4) is 0 Å². The van der Waals surface area contributed by atoms with E-state index in [1.807, 2.05) is 6.07 Å². The molecule has 21 heavy (non-hydrogen) atoms. The minimum atomic E-state index is -0.796. The predicted octanol–water partition coefficient (Wildman–Crippen LogP) is 2.18. The average molecular weight is 287 g/mol. The van der Waals surface area contributed by atoms with E-state index in [9.17, 15) is 14.7 Å². The Hall–Kier alpha value is -2.55. The highest BCUT2D eigenvalue weighted by Crippen LogP contribution is 2.48. The number of hydrogen-bond acceptors (Lipinski definition) is 3. The zero-order valence-electron chi connectivity index (χ0n) is 11.8. The Labute approximate surface area is 123 Å². The van der Waals surface area contributed by atoms with Crippen LogP contribution in [0.15, 0.2) is 24.3 Å². The van der Waals surface area contributed by atoms with Crippen LogP contribution < -0.4 is 5.32 Å². The summed E-state index contributed by atoms with van der Waals surface area (Å²) < 4.78 is 0. The minimum absolute atomic E-state index is 0.282. The van der Waals surface area contributed by atoms with Crippen molar-refractivity contribution in [2.45, 2.75) is 24.7 Å². The number of rotatable bonds is 5. The van der Waals surface area contributed by atoms with E-state index < -0.39 is 11.4 Å². The van der Waals surface area contributed by atoms with E-state index in [0.29, 0.717) is 25.1 Å². The van der Waals surface area contributed by atoms with E-state index in [-0.39, 0.29) is 12.5 Å². The highest BCUT2D eigenvalue weighted by atomic mass is 16.4. The monoisotopic (exact) mass is 287 g/mol. The summed E-state index contributed by atoms with van der Waals surface area (Å²) in [5.74, 6) is -0.796. The second kappa shape index (κ2) is 5.83. The molecule has 0 aliphatic heterocycles. The Kier molecular flexibility index (Phi) is 4.13. The molecule has 0 saturated heterocycles. The molecule has 2 N–H and O–H groups in total. The second-order valence-corrected chi connectivity index (χ2v) is 5.22. The molecule has 1 saturated carbocycles. The third-order valence-electron chi connectivity index (χ3n) is 3.75. The molecular weight excluding hydrogens is 270 g/mol. The molecule has 2 amide bonds. The Morgan fingerprint density at radius 1 is 1.38 bits per heavy atom. The largest absolute Gasteiger partial charge is 0.481 e. The number of carboxylic acids is 1. The van der Waals surface area contributed by atoms with Gasteiger partial charge in [0.2, 0.25) is 0 Å². The number of nitrogens with one attached hydrogen (secondary N) is 1. The van der Waals surface area contributed by atoms with Gasteiger partial charge >= 0.3 is 12.0 Å². The molecule has 0 unspecified atom stereocenters. The van der Waals surface area contributed by atoms with Crippen LogP contribution in [0.4, 0.5) is 10.5 Å². The third-order valence-corrected chi connectivity index (χ3v) is 3.75. The van der Waals surface area contributed by atoms with Crippen LogP contribution in [0.25, 0.3) is 0 Å². The molecule has 6 heteroatoms. The molecule has 1 aromatic rings. The second-order valence-electron chi connectivity index (χ2n) is 5.22. The summed E-state index contributed by atoms with van der Waals surface area (Å²) in [6.45, 7) is 0.364. The summed E-state index contributed by atoms with van der Waals surface area (Å²) in [5, 5.41) is 20.4. The zero-order valence-corrected chi connectivity index (χ0v) is 11.8. The van der Waals surface area contributed by atoms with Gasteiger partial charge in [0.05, 0.1) is 17.9 Å². The number of hydrogen-bond donors (Lipinski definition) is 2. The standard InChI is InChI=1S/C15H17N3O3/c1-18(10-2-9-16)14(21)17-12-5-3-11(4-6-12)15(7-8-15)13(19)20/h3-6H,2,7-8,10H2,1H3,(H,17,21)(H,19,20). The van der Waals surface area contributed by atoms with Crippen LogP contribution in [-0.4, -0.2) is 35.6 Å². The van der Waals surface area contributed by atoms with Crippen LogP contribution in [0.5, 0.6) is 0 Å². The molecule has 0 spiro atoms. The van der Waals surface area contributed by atoms with Crippen molar-refractivity contribution in [2.24, 2.45) is 0 Å². The van der Waals surface area contributed by atoms with E-state index in [1.54, 1.807) is 31.3 Å². The first-order chi connectivity index (χ1) is 9.99. The maximum absolute atomic E-state index is 11.8. The normalized spacial score (nSPS) is 14.9. The van der Waals surface area contributed by atoms with Crippen molar-refractivity contribution < 1.29 is 14.7 Å². The summed E-state index contributed by atoms with van der Waals surface area (Å²) in [4.78, 5) is 24.5. The molecule has 6 nitrogen and oxygen atoms in total. The van der Waals surface area contributed by atoms with Gasteiger partial charge in [0, 0.05) is 19.3 Å². The van der Waals surface area contributed by atoms with Crippen molar-refractivity contribution in [1.29, 1.82) is 5.26 Å². The zero-order chi connectivity index (χ0) is 15.5. The van der Waals surface area contributed by atoms with Gasteiger partial charge in [0.15, 0.2) is 0 Å². The van der Waals surface area contributed by atoms with Crippen molar-refractivity contribution in [1.82, 2.24) is 4.90 Å². The van der Waals surface area contributed by atoms with Crippen LogP contribution in [0.1, 0.15) is 24.8 Å². The van der Waals surface area contributed by atoms with Gasteiger partial charge in [-0.3, -0.25) is 4.79 Å². The lowest BCUT2D eigenvalue weighted by molar-refractivity contribution is -0.140. The highest BCUT2D eigenvalue weighted by Gasteiger charge is 2.51. The van der Waals surface area contributed by atoms with Gasteiger partial charge in [-0.2, -0.15) is 5.26 Å². The predicted molar refractivity (Wildman–Crippen MR) is 76.9 cm³/mol. The molecule has 1 aromatic carbocycles. The molecule has 0 atom stereocenters. The van der Waals surface area contributed by atoms with Crippen molar-refractivity contribution in [3.05, 3.63) is 29.8 Å². The lowest BCUT2D eigenvalue weighted by Crippen LogP contribution is -2.32. The Morgan fingerprint density at radius 2 is 2.00 bits per heavy atom. The van der Waals surface area contributed by atoms with Crippen molar-refractivity contribution in [3.8, 4) is 6.07 Å². The third kappa shape index (κ3) is 3.14. The number of carbonyl (C=O) groups excluding carboxylic acids is 1. The fourth-order valence-corrected chi connectivity index (χ4v) is 2.16. The fourth-order valence-electron chi connectivity index (χ4n) is 2.16. The van der Waals surface area contributed by atoms with E-state index in [1.165, 1.54) is 4.90 Å². The fraction of sp³-hybridized carbons (Fsp3) is 0.400. The summed E-state index contributed by atoms with van der Waals surface area (Å²) in [7, 11) is 1.62. The number of carboxylic acid groups (broad SMARTS) is 1. The van der Waals surface area contributed by atoms with Crippen LogP contribution in [0.2, 0.25) is 0 Å². The number of anilines is 1. The molecule has 110 valence electrons. The van der Waals surface area contributed by atoms with Gasteiger partial charge in [-0.15, -0.1) is 0 Å². The summed E-state index contributed by atoms with van der Waals surface area (Å²) in [5.41, 5.74) is 0.645. The topological polar surface area (TPSA) is 93.4 Å². The summed E-state index contributed by atoms with van der Waals surface area (Å²) in [6.07, 6.45) is 1.60. The number of nitriles is 1. The Bertz CT molecular complexity index is 585. The van der Waals surface area contributed by atoms with Crippen LogP contribution in [-0.2, 0) is 10.2 Å². The minimum Gasteiger partial charge on any atom is -0.481 e. The molecule has 1 aliphatic rings. The maximum atomic E-state index is 11.8. The molecule has 0 aromatic heterocycles. The summed E-state index contributed by atoms with van der Waals surface area (Å²) in [6, 6.07) is 8.58. The number of urea groups is 1. The van der Waals surface area contributed by atoms with E-state index >= 15 is 0 Å². The molecule has 1 aliphatic carbocycles. The van der Waals surface area contributed by atoms with E-state index in [2.05, 4.69) is 5.32 Å². The first-order valence-corrected chi connectivity index (χ1v) is 6.72. The molecule has 0 radical (unpaired) electrons. The number of benzene rings is 1. The molecule has 0 heterocycles. The van der Waals surface area contributed by atoms with Crippen LogP contribution >= 0.6 is 0 Å². The smallest absolute Gasteiger partial charge is 0.321 e. The van der Waals surface area contributed by atoms with Gasteiger partial charge in [0.25, 0.3) is 0 Å². The number of carbonyl (C=O) groups is 2. The van der Waals surface area contributed by atoms with E-state index in [4.69, 9.17) is 5.26 Å². The average Bonchev–Trinajstić information content (AvgIpc) is 3.27. The van der Waals surface area contributed by atoms with Crippen LogP contribution in [0, 0.1) is 11.3 Å². The molecule has 1 fully saturated rings. The maximum Gasteiger partial charge on any atom is 0.321 e. The highest BCUT2D eigenvalue weighted by molar-refractivity contribution is 5.89. The first kappa shape index (κ1) is 14.9. The first-order valence-electron chi connectivity index (χ1n) is 6.72. The number of nitrogens with zero attached hydrogens (tertiary/aromatic N) is 2. The van der Waals surface area contributed by atoms with Crippen molar-refractivity contribution in [2.75, 3.05) is 18.9 Å². The SMILES string of the molecule is CN(CCC#N)C(=O)Nc1ccc(C2(C(=O)O)CC2)cc1. The number of amides is 2. The summed E-state index contributed by atoms with van der Waals surface area (Å²) >= 11 is 0. The quantitative estimate of drug-likeness (QED) is 0.868. The molecular formula is C15H17N3O3. The van der Waals surface area contributed by atoms with Crippen molar-refractivity contribution >= 4 is 17.7 Å². The van der Waals surface area contributed by atoms with Gasteiger partial charge in [-0.1, -0.05) is 12.1 Å². The van der Waals surface area contributed by atoms with Gasteiger partial charge < -0.3 is 15.3 Å². The van der Waals surface area contributed by atoms with E-state index in [0.717, 1.165) is 5.56 Å². The Morgan fingerprint density at radius 3 is 2.48 bits per heavy atom. The van der Waals surface area contributed by atoms with Gasteiger partial charge in [-0.05, 0) is 30.5 Å². The number of aliphatic carboxylic acids is 1. The Balaban J connectivity index is 1.99.